The summed E-state index contributed by atoms with van der Waals surface area (Å²) in [6.45, 7) is 0. The molecule has 0 spiro atoms. The molecule has 0 saturated heterocycles. The number of para-hydroxylation sites is 4. The smallest absolute Gasteiger partial charge is 0.0542 e. The molecule has 0 radical (unpaired) electrons. The molecule has 57 heavy (non-hydrogen) atoms. The summed E-state index contributed by atoms with van der Waals surface area (Å²) in [7, 11) is 0. The predicted octanol–water partition coefficient (Wildman–Crippen LogP) is 14.4. The van der Waals surface area contributed by atoms with Gasteiger partial charge in [0.15, 0.2) is 0 Å². The van der Waals surface area contributed by atoms with Crippen LogP contribution in [0.4, 0.5) is 0 Å². The third-order valence-electron chi connectivity index (χ3n) is 12.1. The van der Waals surface area contributed by atoms with E-state index in [9.17, 15) is 0 Å². The number of hydrogen-bond donors (Lipinski definition) is 0. The van der Waals surface area contributed by atoms with Crippen molar-refractivity contribution < 1.29 is 0 Å². The third kappa shape index (κ3) is 4.92. The van der Waals surface area contributed by atoms with Gasteiger partial charge in [0.05, 0.1) is 33.1 Å². The Morgan fingerprint density at radius 2 is 0.789 bits per heavy atom. The van der Waals surface area contributed by atoms with Crippen molar-refractivity contribution in [1.29, 1.82) is 0 Å². The van der Waals surface area contributed by atoms with Gasteiger partial charge in [0.2, 0.25) is 0 Å². The predicted molar refractivity (Wildman–Crippen MR) is 241 cm³/mol. The summed E-state index contributed by atoms with van der Waals surface area (Å²) in [5.41, 5.74) is 15.9. The molecule has 0 unspecified atom stereocenters. The zero-order chi connectivity index (χ0) is 37.5. The van der Waals surface area contributed by atoms with Gasteiger partial charge in [-0.15, -0.1) is 0 Å². The minimum Gasteiger partial charge on any atom is -0.309 e. The molecule has 3 heteroatoms. The van der Waals surface area contributed by atoms with Gasteiger partial charge < -0.3 is 13.7 Å². The summed E-state index contributed by atoms with van der Waals surface area (Å²) in [5, 5.41) is 7.53. The van der Waals surface area contributed by atoms with Gasteiger partial charge in [0.25, 0.3) is 0 Å². The Morgan fingerprint density at radius 3 is 1.37 bits per heavy atom. The summed E-state index contributed by atoms with van der Waals surface area (Å²) in [6.07, 6.45) is 8.87. The minimum atomic E-state index is 1.08. The van der Waals surface area contributed by atoms with Crippen molar-refractivity contribution in [1.82, 2.24) is 13.7 Å². The molecule has 11 aromatic rings. The first-order valence-electron chi connectivity index (χ1n) is 19.9. The van der Waals surface area contributed by atoms with Crippen LogP contribution in [-0.4, -0.2) is 13.7 Å². The molecular formula is C54H37N3. The van der Waals surface area contributed by atoms with Crippen LogP contribution in [0.5, 0.6) is 0 Å². The Bertz CT molecular complexity index is 3460. The number of benzene rings is 8. The summed E-state index contributed by atoms with van der Waals surface area (Å²) in [5.74, 6) is 0. The molecule has 1 aliphatic rings. The van der Waals surface area contributed by atoms with Crippen molar-refractivity contribution >= 4 is 71.0 Å². The van der Waals surface area contributed by atoms with Crippen LogP contribution in [-0.2, 0) is 0 Å². The van der Waals surface area contributed by atoms with Gasteiger partial charge in [-0.1, -0.05) is 115 Å². The molecule has 3 nitrogen and oxygen atoms in total. The van der Waals surface area contributed by atoms with E-state index >= 15 is 0 Å². The standard InChI is InChI=1S/C54H37N3/c1-3-14-36(15-4-1)37-16-13-19-41(32-37)56-51-25-12-9-22-45(51)48-35-42(28-31-54(48)56)57-50-24-11-8-21-44(50)47-34-39(27-30-53(47)57)38-26-29-52-46(33-38)43-20-7-10-23-49(43)55(52)40-17-5-2-6-18-40/h1-3,5-14,16-35H,4,15H2. The molecule has 0 aliphatic heterocycles. The summed E-state index contributed by atoms with van der Waals surface area (Å²) >= 11 is 0. The van der Waals surface area contributed by atoms with Crippen LogP contribution >= 0.6 is 0 Å². The molecule has 12 rings (SSSR count). The highest BCUT2D eigenvalue weighted by Gasteiger charge is 2.19. The highest BCUT2D eigenvalue weighted by atomic mass is 15.0. The van der Waals surface area contributed by atoms with E-state index in [4.69, 9.17) is 0 Å². The fraction of sp³-hybridized carbons (Fsp3) is 0.0370. The average molecular weight is 728 g/mol. The second-order valence-corrected chi connectivity index (χ2v) is 15.3. The van der Waals surface area contributed by atoms with Crippen LogP contribution in [0.15, 0.2) is 200 Å². The molecule has 8 aromatic carbocycles. The molecule has 268 valence electrons. The lowest BCUT2D eigenvalue weighted by atomic mass is 9.97. The van der Waals surface area contributed by atoms with E-state index < -0.39 is 0 Å². The lowest BCUT2D eigenvalue weighted by Crippen LogP contribution is -1.97. The van der Waals surface area contributed by atoms with Crippen molar-refractivity contribution in [3.8, 4) is 28.2 Å². The van der Waals surface area contributed by atoms with Crippen LogP contribution in [0.25, 0.3) is 99.2 Å². The van der Waals surface area contributed by atoms with Crippen LogP contribution in [0, 0.1) is 0 Å². The normalized spacial score (nSPS) is 13.2. The van der Waals surface area contributed by atoms with Gasteiger partial charge >= 0.3 is 0 Å². The first kappa shape index (κ1) is 31.9. The Balaban J connectivity index is 1.01. The number of aromatic nitrogens is 3. The fourth-order valence-corrected chi connectivity index (χ4v) is 9.50. The number of nitrogens with zero attached hydrogens (tertiary/aromatic N) is 3. The lowest BCUT2D eigenvalue weighted by Gasteiger charge is -2.13. The topological polar surface area (TPSA) is 14.8 Å². The maximum atomic E-state index is 2.44. The van der Waals surface area contributed by atoms with Gasteiger partial charge in [0, 0.05) is 49.4 Å². The fourth-order valence-electron chi connectivity index (χ4n) is 9.50. The largest absolute Gasteiger partial charge is 0.309 e. The Hall–Kier alpha value is -7.36. The molecule has 3 aromatic heterocycles. The average Bonchev–Trinajstić information content (AvgIpc) is 3.92. The summed E-state index contributed by atoms with van der Waals surface area (Å²) in [6, 6.07) is 67.1. The number of fused-ring (bicyclic) bond motifs is 9. The molecule has 0 saturated carbocycles. The molecule has 0 atom stereocenters. The van der Waals surface area contributed by atoms with E-state index in [1.165, 1.54) is 99.1 Å². The third-order valence-corrected chi connectivity index (χ3v) is 12.1. The van der Waals surface area contributed by atoms with Crippen LogP contribution in [0.1, 0.15) is 18.4 Å². The SMILES string of the molecule is C1=CCCC(c2cccc(-n3c4ccccc4c4cc(-n5c6ccccc6c6cc(-c7ccc8c(c7)c7ccccc7n8-c7ccccc7)ccc65)ccc43)c2)=C1. The van der Waals surface area contributed by atoms with E-state index in [1.54, 1.807) is 0 Å². The van der Waals surface area contributed by atoms with Crippen LogP contribution in [0.2, 0.25) is 0 Å². The highest BCUT2D eigenvalue weighted by molar-refractivity contribution is 6.14. The van der Waals surface area contributed by atoms with Crippen molar-refractivity contribution in [3.05, 3.63) is 206 Å². The Labute approximate surface area is 330 Å². The molecule has 0 amide bonds. The van der Waals surface area contributed by atoms with Gasteiger partial charge in [-0.3, -0.25) is 0 Å². The van der Waals surface area contributed by atoms with E-state index in [-0.39, 0.29) is 0 Å². The van der Waals surface area contributed by atoms with Gasteiger partial charge in [-0.2, -0.15) is 0 Å². The maximum Gasteiger partial charge on any atom is 0.0542 e. The number of allylic oxidation sites excluding steroid dienone is 4. The molecule has 3 heterocycles. The van der Waals surface area contributed by atoms with Gasteiger partial charge in [0.1, 0.15) is 0 Å². The zero-order valence-electron chi connectivity index (χ0n) is 31.3. The Morgan fingerprint density at radius 1 is 0.316 bits per heavy atom. The molecule has 0 fully saturated rings. The van der Waals surface area contributed by atoms with Gasteiger partial charge in [-0.25, -0.2) is 0 Å². The first-order valence-corrected chi connectivity index (χ1v) is 19.9. The molecule has 0 N–H and O–H groups in total. The van der Waals surface area contributed by atoms with E-state index in [0.29, 0.717) is 0 Å². The summed E-state index contributed by atoms with van der Waals surface area (Å²) in [4.78, 5) is 0. The van der Waals surface area contributed by atoms with Crippen LogP contribution < -0.4 is 0 Å². The molecular weight excluding hydrogens is 691 g/mol. The Kier molecular flexibility index (Phi) is 7.05. The second kappa shape index (κ2) is 12.6. The van der Waals surface area contributed by atoms with E-state index in [2.05, 4.69) is 214 Å². The minimum absolute atomic E-state index is 1.08. The lowest BCUT2D eigenvalue weighted by molar-refractivity contribution is 1.05. The number of rotatable bonds is 5. The van der Waals surface area contributed by atoms with E-state index in [0.717, 1.165) is 18.5 Å². The first-order chi connectivity index (χ1) is 28.3. The van der Waals surface area contributed by atoms with E-state index in [1.807, 2.05) is 0 Å². The summed E-state index contributed by atoms with van der Waals surface area (Å²) < 4.78 is 7.26. The van der Waals surface area contributed by atoms with Crippen molar-refractivity contribution in [3.63, 3.8) is 0 Å². The van der Waals surface area contributed by atoms with Gasteiger partial charge in [-0.05, 0) is 120 Å². The van der Waals surface area contributed by atoms with Crippen molar-refractivity contribution in [2.24, 2.45) is 0 Å². The van der Waals surface area contributed by atoms with Crippen molar-refractivity contribution in [2.45, 2.75) is 12.8 Å². The molecule has 1 aliphatic carbocycles. The van der Waals surface area contributed by atoms with Crippen LogP contribution in [0.3, 0.4) is 0 Å². The quantitative estimate of drug-likeness (QED) is 0.168. The maximum absolute atomic E-state index is 2.44. The number of hydrogen-bond acceptors (Lipinski definition) is 0. The zero-order valence-corrected chi connectivity index (χ0v) is 31.3. The van der Waals surface area contributed by atoms with Crippen molar-refractivity contribution in [2.75, 3.05) is 0 Å². The second-order valence-electron chi connectivity index (χ2n) is 15.3. The highest BCUT2D eigenvalue weighted by Crippen LogP contribution is 2.40. The monoisotopic (exact) mass is 727 g/mol. The molecule has 0 bridgehead atoms.